The predicted octanol–water partition coefficient (Wildman–Crippen LogP) is 4.84. The standard InChI is InChI=1S/C19H19NO/c1-12-9-13(2)14(3)17(10-12)19-7-5-15-11-16(21-4)6-8-18(15)20-19/h5-11H,1-4H3. The summed E-state index contributed by atoms with van der Waals surface area (Å²) < 4.78 is 5.26. The number of aryl methyl sites for hydroxylation is 2. The average molecular weight is 277 g/mol. The molecule has 0 amide bonds. The second-order valence-corrected chi connectivity index (χ2v) is 5.51. The first-order chi connectivity index (χ1) is 10.1. The van der Waals surface area contributed by atoms with E-state index in [1.165, 1.54) is 22.3 Å². The summed E-state index contributed by atoms with van der Waals surface area (Å²) in [5.74, 6) is 0.861. The first-order valence-electron chi connectivity index (χ1n) is 7.11. The quantitative estimate of drug-likeness (QED) is 0.669. The Kier molecular flexibility index (Phi) is 3.38. The van der Waals surface area contributed by atoms with Crippen LogP contribution in [0.5, 0.6) is 5.75 Å². The van der Waals surface area contributed by atoms with Crippen LogP contribution in [0.1, 0.15) is 16.7 Å². The number of benzene rings is 2. The molecule has 0 saturated carbocycles. The molecule has 0 radical (unpaired) electrons. The minimum absolute atomic E-state index is 0.861. The van der Waals surface area contributed by atoms with Crippen molar-refractivity contribution in [3.63, 3.8) is 0 Å². The molecule has 0 fully saturated rings. The van der Waals surface area contributed by atoms with Gasteiger partial charge in [0.1, 0.15) is 5.75 Å². The monoisotopic (exact) mass is 277 g/mol. The molecule has 0 spiro atoms. The number of pyridine rings is 1. The van der Waals surface area contributed by atoms with Crippen LogP contribution in [0.4, 0.5) is 0 Å². The molecule has 1 heterocycles. The molecule has 1 aromatic heterocycles. The number of rotatable bonds is 2. The van der Waals surface area contributed by atoms with E-state index in [2.05, 4.69) is 45.0 Å². The third kappa shape index (κ3) is 2.49. The van der Waals surface area contributed by atoms with Gasteiger partial charge >= 0.3 is 0 Å². The Balaban J connectivity index is 2.18. The van der Waals surface area contributed by atoms with Crippen molar-refractivity contribution in [2.45, 2.75) is 20.8 Å². The summed E-state index contributed by atoms with van der Waals surface area (Å²) in [6.45, 7) is 6.43. The average Bonchev–Trinajstić information content (AvgIpc) is 2.49. The van der Waals surface area contributed by atoms with Crippen molar-refractivity contribution in [1.29, 1.82) is 0 Å². The first kappa shape index (κ1) is 13.6. The summed E-state index contributed by atoms with van der Waals surface area (Å²) in [7, 11) is 1.68. The molecule has 2 heteroatoms. The zero-order valence-electron chi connectivity index (χ0n) is 12.9. The molecule has 0 unspecified atom stereocenters. The van der Waals surface area contributed by atoms with Gasteiger partial charge in [-0.05, 0) is 62.2 Å². The van der Waals surface area contributed by atoms with E-state index in [0.29, 0.717) is 0 Å². The molecule has 0 aliphatic carbocycles. The summed E-state index contributed by atoms with van der Waals surface area (Å²) in [5, 5.41) is 1.10. The lowest BCUT2D eigenvalue weighted by Crippen LogP contribution is -1.92. The highest BCUT2D eigenvalue weighted by atomic mass is 16.5. The molecule has 0 bridgehead atoms. The molecule has 0 saturated heterocycles. The molecule has 2 aromatic carbocycles. The Morgan fingerprint density at radius 3 is 2.48 bits per heavy atom. The van der Waals surface area contributed by atoms with Crippen LogP contribution in [0.3, 0.4) is 0 Å². The number of ether oxygens (including phenoxy) is 1. The fourth-order valence-electron chi connectivity index (χ4n) is 2.69. The fraction of sp³-hybridized carbons (Fsp3) is 0.211. The van der Waals surface area contributed by atoms with E-state index in [0.717, 1.165) is 22.3 Å². The maximum absolute atomic E-state index is 5.26. The number of aromatic nitrogens is 1. The molecule has 0 N–H and O–H groups in total. The molecule has 3 aromatic rings. The molecule has 0 aliphatic rings. The van der Waals surface area contributed by atoms with Gasteiger partial charge in [-0.25, -0.2) is 4.98 Å². The topological polar surface area (TPSA) is 22.1 Å². The molecular formula is C19H19NO. The third-order valence-electron chi connectivity index (χ3n) is 3.98. The van der Waals surface area contributed by atoms with Gasteiger partial charge in [0, 0.05) is 10.9 Å². The molecule has 0 aliphatic heterocycles. The maximum Gasteiger partial charge on any atom is 0.119 e. The van der Waals surface area contributed by atoms with Crippen molar-refractivity contribution in [3.05, 3.63) is 59.2 Å². The van der Waals surface area contributed by atoms with Crippen LogP contribution in [0.15, 0.2) is 42.5 Å². The van der Waals surface area contributed by atoms with Gasteiger partial charge in [-0.3, -0.25) is 0 Å². The molecule has 0 atom stereocenters. The Morgan fingerprint density at radius 1 is 0.905 bits per heavy atom. The van der Waals surface area contributed by atoms with Crippen LogP contribution in [-0.2, 0) is 0 Å². The van der Waals surface area contributed by atoms with Gasteiger partial charge in [0.25, 0.3) is 0 Å². The van der Waals surface area contributed by atoms with Gasteiger partial charge < -0.3 is 4.74 Å². The Labute approximate surface area is 125 Å². The van der Waals surface area contributed by atoms with Gasteiger partial charge in [-0.1, -0.05) is 17.7 Å². The normalized spacial score (nSPS) is 10.9. The fourth-order valence-corrected chi connectivity index (χ4v) is 2.69. The SMILES string of the molecule is COc1ccc2nc(-c3cc(C)cc(C)c3C)ccc2c1. The van der Waals surface area contributed by atoms with E-state index < -0.39 is 0 Å². The van der Waals surface area contributed by atoms with Gasteiger partial charge in [0.05, 0.1) is 18.3 Å². The summed E-state index contributed by atoms with van der Waals surface area (Å²) in [4.78, 5) is 4.81. The van der Waals surface area contributed by atoms with Gasteiger partial charge in [0.2, 0.25) is 0 Å². The second kappa shape index (κ2) is 5.21. The van der Waals surface area contributed by atoms with E-state index >= 15 is 0 Å². The van der Waals surface area contributed by atoms with Crippen molar-refractivity contribution in [2.75, 3.05) is 7.11 Å². The molecule has 106 valence electrons. The lowest BCUT2D eigenvalue weighted by Gasteiger charge is -2.11. The highest BCUT2D eigenvalue weighted by Gasteiger charge is 2.08. The van der Waals surface area contributed by atoms with Gasteiger partial charge in [-0.15, -0.1) is 0 Å². The summed E-state index contributed by atoms with van der Waals surface area (Å²) in [6, 6.07) is 14.6. The van der Waals surface area contributed by atoms with Crippen LogP contribution >= 0.6 is 0 Å². The first-order valence-corrected chi connectivity index (χ1v) is 7.11. The number of fused-ring (bicyclic) bond motifs is 1. The number of methoxy groups -OCH3 is 1. The molecule has 2 nitrogen and oxygen atoms in total. The van der Waals surface area contributed by atoms with Crippen LogP contribution in [0.2, 0.25) is 0 Å². The largest absolute Gasteiger partial charge is 0.497 e. The van der Waals surface area contributed by atoms with E-state index in [-0.39, 0.29) is 0 Å². The summed E-state index contributed by atoms with van der Waals surface area (Å²) in [5.41, 5.74) is 7.10. The van der Waals surface area contributed by atoms with Crippen LogP contribution in [0.25, 0.3) is 22.2 Å². The van der Waals surface area contributed by atoms with E-state index in [1.807, 2.05) is 18.2 Å². The number of nitrogens with zero attached hydrogens (tertiary/aromatic N) is 1. The summed E-state index contributed by atoms with van der Waals surface area (Å²) >= 11 is 0. The minimum Gasteiger partial charge on any atom is -0.497 e. The van der Waals surface area contributed by atoms with Crippen molar-refractivity contribution in [2.24, 2.45) is 0 Å². The number of hydrogen-bond acceptors (Lipinski definition) is 2. The zero-order chi connectivity index (χ0) is 15.0. The zero-order valence-corrected chi connectivity index (χ0v) is 12.9. The van der Waals surface area contributed by atoms with Crippen LogP contribution in [0, 0.1) is 20.8 Å². The number of hydrogen-bond donors (Lipinski definition) is 0. The Morgan fingerprint density at radius 2 is 1.71 bits per heavy atom. The van der Waals surface area contributed by atoms with Gasteiger partial charge in [0.15, 0.2) is 0 Å². The van der Waals surface area contributed by atoms with Crippen LogP contribution < -0.4 is 4.74 Å². The summed E-state index contributed by atoms with van der Waals surface area (Å²) in [6.07, 6.45) is 0. The van der Waals surface area contributed by atoms with Crippen LogP contribution in [-0.4, -0.2) is 12.1 Å². The van der Waals surface area contributed by atoms with E-state index in [1.54, 1.807) is 7.11 Å². The molecule has 3 rings (SSSR count). The van der Waals surface area contributed by atoms with Crippen molar-refractivity contribution in [3.8, 4) is 17.0 Å². The molecular weight excluding hydrogens is 258 g/mol. The predicted molar refractivity (Wildman–Crippen MR) is 87.9 cm³/mol. The second-order valence-electron chi connectivity index (χ2n) is 5.51. The van der Waals surface area contributed by atoms with Gasteiger partial charge in [-0.2, -0.15) is 0 Å². The van der Waals surface area contributed by atoms with E-state index in [4.69, 9.17) is 9.72 Å². The highest BCUT2D eigenvalue weighted by molar-refractivity contribution is 5.83. The minimum atomic E-state index is 0.861. The van der Waals surface area contributed by atoms with Crippen molar-refractivity contribution in [1.82, 2.24) is 4.98 Å². The lowest BCUT2D eigenvalue weighted by molar-refractivity contribution is 0.415. The van der Waals surface area contributed by atoms with Crippen molar-refractivity contribution < 1.29 is 4.74 Å². The highest BCUT2D eigenvalue weighted by Crippen LogP contribution is 2.28. The van der Waals surface area contributed by atoms with Crippen molar-refractivity contribution >= 4 is 10.9 Å². The maximum atomic E-state index is 5.26. The smallest absolute Gasteiger partial charge is 0.119 e. The Hall–Kier alpha value is -2.35. The van der Waals surface area contributed by atoms with E-state index in [9.17, 15) is 0 Å². The lowest BCUT2D eigenvalue weighted by atomic mass is 9.97. The molecule has 21 heavy (non-hydrogen) atoms. The Bertz CT molecular complexity index is 821. The third-order valence-corrected chi connectivity index (χ3v) is 3.98.